The summed E-state index contributed by atoms with van der Waals surface area (Å²) in [7, 11) is 0. The minimum atomic E-state index is -0.357. The van der Waals surface area contributed by atoms with E-state index < -0.39 is 0 Å². The first-order chi connectivity index (χ1) is 18.1. The van der Waals surface area contributed by atoms with Crippen LogP contribution in [0, 0.1) is 27.7 Å². The van der Waals surface area contributed by atoms with E-state index in [0.29, 0.717) is 11.4 Å². The van der Waals surface area contributed by atoms with Crippen molar-refractivity contribution < 1.29 is 0 Å². The van der Waals surface area contributed by atoms with Gasteiger partial charge in [-0.1, -0.05) is 31.2 Å². The van der Waals surface area contributed by atoms with E-state index in [-0.39, 0.29) is 17.1 Å². The van der Waals surface area contributed by atoms with Crippen LogP contribution in [0.25, 0.3) is 10.9 Å². The molecule has 0 amide bonds. The predicted octanol–water partition coefficient (Wildman–Crippen LogP) is 4.80. The van der Waals surface area contributed by atoms with Crippen LogP contribution >= 0.6 is 0 Å². The van der Waals surface area contributed by atoms with Crippen molar-refractivity contribution in [1.29, 1.82) is 0 Å². The van der Waals surface area contributed by atoms with Gasteiger partial charge in [-0.3, -0.25) is 9.69 Å². The summed E-state index contributed by atoms with van der Waals surface area (Å²) < 4.78 is 1.92. The number of aromatic nitrogens is 5. The summed E-state index contributed by atoms with van der Waals surface area (Å²) in [5.74, 6) is 0.715. The quantitative estimate of drug-likeness (QED) is 0.399. The molecule has 3 heterocycles. The van der Waals surface area contributed by atoms with E-state index >= 15 is 0 Å². The first-order valence-corrected chi connectivity index (χ1v) is 13.6. The Labute approximate surface area is 224 Å². The van der Waals surface area contributed by atoms with E-state index in [1.54, 1.807) is 0 Å². The van der Waals surface area contributed by atoms with Crippen LogP contribution in [0.5, 0.6) is 0 Å². The summed E-state index contributed by atoms with van der Waals surface area (Å²) >= 11 is 0. The van der Waals surface area contributed by atoms with Gasteiger partial charge >= 0.3 is 0 Å². The van der Waals surface area contributed by atoms with Crippen LogP contribution in [0.4, 0.5) is 5.69 Å². The standard InChI is InChI=1S/C30H39N7O/c1-8-30(6,7)37-28(32-33-34-37)27(24-18-23-20(3)12-13-21(4)26(23)31-29(24)38)36-16-14-35(15-17-36)25-11-9-10-19(2)22(25)5/h9-13,18,27H,8,14-17H2,1-7H3,(H,31,38). The number of pyridine rings is 1. The van der Waals surface area contributed by atoms with Gasteiger partial charge in [0, 0.05) is 42.8 Å². The van der Waals surface area contributed by atoms with E-state index in [4.69, 9.17) is 0 Å². The van der Waals surface area contributed by atoms with Gasteiger partial charge < -0.3 is 9.88 Å². The Kier molecular flexibility index (Phi) is 6.86. The largest absolute Gasteiger partial charge is 0.369 e. The van der Waals surface area contributed by atoms with Gasteiger partial charge in [0.15, 0.2) is 5.82 Å². The second kappa shape index (κ2) is 9.98. The Morgan fingerprint density at radius 2 is 1.68 bits per heavy atom. The zero-order valence-corrected chi connectivity index (χ0v) is 23.7. The van der Waals surface area contributed by atoms with Crippen LogP contribution in [0.2, 0.25) is 0 Å². The van der Waals surface area contributed by atoms with Crippen molar-refractivity contribution in [2.75, 3.05) is 31.1 Å². The maximum absolute atomic E-state index is 13.7. The van der Waals surface area contributed by atoms with Crippen molar-refractivity contribution >= 4 is 16.6 Å². The van der Waals surface area contributed by atoms with Crippen molar-refractivity contribution in [3.05, 3.63) is 80.4 Å². The van der Waals surface area contributed by atoms with Gasteiger partial charge in [0.25, 0.3) is 5.56 Å². The molecular weight excluding hydrogens is 474 g/mol. The molecule has 2 aromatic carbocycles. The SMILES string of the molecule is CCC(C)(C)n1nnnc1C(c1cc2c(C)ccc(C)c2[nH]c1=O)N1CCN(c2cccc(C)c2C)CC1. The van der Waals surface area contributed by atoms with Crippen molar-refractivity contribution in [2.45, 2.75) is 66.5 Å². The van der Waals surface area contributed by atoms with E-state index in [9.17, 15) is 4.79 Å². The topological polar surface area (TPSA) is 82.9 Å². The maximum Gasteiger partial charge on any atom is 0.253 e. The lowest BCUT2D eigenvalue weighted by Crippen LogP contribution is -2.49. The first-order valence-electron chi connectivity index (χ1n) is 13.6. The third kappa shape index (κ3) is 4.51. The van der Waals surface area contributed by atoms with Gasteiger partial charge in [0.05, 0.1) is 11.1 Å². The van der Waals surface area contributed by atoms with Crippen molar-refractivity contribution in [3.8, 4) is 0 Å². The number of aryl methyl sites for hydroxylation is 3. The monoisotopic (exact) mass is 513 g/mol. The normalized spacial score (nSPS) is 15.8. The van der Waals surface area contributed by atoms with Gasteiger partial charge in [-0.2, -0.15) is 0 Å². The zero-order valence-electron chi connectivity index (χ0n) is 23.7. The third-order valence-corrected chi connectivity index (χ3v) is 8.54. The molecule has 200 valence electrons. The molecule has 1 saturated heterocycles. The molecule has 1 atom stereocenters. The molecule has 2 aromatic heterocycles. The van der Waals surface area contributed by atoms with Crippen LogP contribution in [0.3, 0.4) is 0 Å². The third-order valence-electron chi connectivity index (χ3n) is 8.54. The summed E-state index contributed by atoms with van der Waals surface area (Å²) in [6.07, 6.45) is 0.866. The second-order valence-electron chi connectivity index (χ2n) is 11.3. The number of aromatic amines is 1. The number of rotatable bonds is 6. The molecule has 38 heavy (non-hydrogen) atoms. The summed E-state index contributed by atoms with van der Waals surface area (Å²) in [4.78, 5) is 21.7. The van der Waals surface area contributed by atoms with Crippen LogP contribution in [0.1, 0.15) is 66.9 Å². The molecule has 8 heteroatoms. The number of nitrogens with one attached hydrogen (secondary N) is 1. The molecule has 1 aliphatic rings. The molecular formula is C30H39N7O. The molecule has 8 nitrogen and oxygen atoms in total. The Bertz CT molecular complexity index is 1530. The lowest BCUT2D eigenvalue weighted by molar-refractivity contribution is 0.186. The molecule has 1 unspecified atom stereocenters. The van der Waals surface area contributed by atoms with Crippen LogP contribution in [-0.4, -0.2) is 56.3 Å². The van der Waals surface area contributed by atoms with Crippen molar-refractivity contribution in [2.24, 2.45) is 0 Å². The second-order valence-corrected chi connectivity index (χ2v) is 11.3. The zero-order chi connectivity index (χ0) is 27.2. The number of benzene rings is 2. The Hall–Kier alpha value is -3.52. The molecule has 1 N–H and O–H groups in total. The van der Waals surface area contributed by atoms with Gasteiger partial charge in [0.2, 0.25) is 0 Å². The molecule has 0 aliphatic carbocycles. The molecule has 0 spiro atoms. The molecule has 4 aromatic rings. The number of hydrogen-bond donors (Lipinski definition) is 1. The number of piperazine rings is 1. The molecule has 5 rings (SSSR count). The lowest BCUT2D eigenvalue weighted by Gasteiger charge is -2.41. The van der Waals surface area contributed by atoms with E-state index in [2.05, 4.69) is 108 Å². The highest BCUT2D eigenvalue weighted by Gasteiger charge is 2.36. The molecule has 0 radical (unpaired) electrons. The van der Waals surface area contributed by atoms with E-state index in [0.717, 1.165) is 54.6 Å². The minimum Gasteiger partial charge on any atom is -0.369 e. The summed E-state index contributed by atoms with van der Waals surface area (Å²) in [6.45, 7) is 18.2. The Balaban J connectivity index is 1.60. The fourth-order valence-electron chi connectivity index (χ4n) is 5.54. The highest BCUT2D eigenvalue weighted by Crippen LogP contribution is 2.33. The molecule has 0 saturated carbocycles. The average Bonchev–Trinajstić information content (AvgIpc) is 3.40. The number of fused-ring (bicyclic) bond motifs is 1. The fraction of sp³-hybridized carbons (Fsp3) is 0.467. The highest BCUT2D eigenvalue weighted by molar-refractivity contribution is 5.85. The fourth-order valence-corrected chi connectivity index (χ4v) is 5.54. The van der Waals surface area contributed by atoms with Crippen LogP contribution in [0.15, 0.2) is 41.2 Å². The van der Waals surface area contributed by atoms with Gasteiger partial charge in [0.1, 0.15) is 6.04 Å². The van der Waals surface area contributed by atoms with Gasteiger partial charge in [-0.25, -0.2) is 4.68 Å². The van der Waals surface area contributed by atoms with Gasteiger partial charge in [-0.05, 0) is 92.8 Å². The number of anilines is 1. The number of hydrogen-bond acceptors (Lipinski definition) is 6. The predicted molar refractivity (Wildman–Crippen MR) is 153 cm³/mol. The summed E-state index contributed by atoms with van der Waals surface area (Å²) in [5, 5.41) is 14.1. The number of H-pyrrole nitrogens is 1. The van der Waals surface area contributed by atoms with Crippen molar-refractivity contribution in [1.82, 2.24) is 30.1 Å². The summed E-state index contributed by atoms with van der Waals surface area (Å²) in [6, 6.07) is 12.4. The Morgan fingerprint density at radius 1 is 0.974 bits per heavy atom. The highest BCUT2D eigenvalue weighted by atomic mass is 16.1. The lowest BCUT2D eigenvalue weighted by atomic mass is 9.97. The average molecular weight is 514 g/mol. The van der Waals surface area contributed by atoms with Gasteiger partial charge in [-0.15, -0.1) is 5.10 Å². The van der Waals surface area contributed by atoms with Crippen molar-refractivity contribution in [3.63, 3.8) is 0 Å². The first kappa shape index (κ1) is 26.1. The van der Waals surface area contributed by atoms with Crippen LogP contribution < -0.4 is 10.5 Å². The summed E-state index contributed by atoms with van der Waals surface area (Å²) in [5.41, 5.74) is 7.32. The molecule has 1 fully saturated rings. The molecule has 1 aliphatic heterocycles. The minimum absolute atomic E-state index is 0.0861. The molecule has 0 bridgehead atoms. The van der Waals surface area contributed by atoms with E-state index in [1.807, 2.05) is 11.6 Å². The maximum atomic E-state index is 13.7. The van der Waals surface area contributed by atoms with E-state index in [1.165, 1.54) is 16.8 Å². The smallest absolute Gasteiger partial charge is 0.253 e. The number of nitrogens with zero attached hydrogens (tertiary/aromatic N) is 6. The Morgan fingerprint density at radius 3 is 2.39 bits per heavy atom. The number of tetrazole rings is 1. The van der Waals surface area contributed by atoms with Crippen LogP contribution in [-0.2, 0) is 5.54 Å².